The molecule has 0 aliphatic rings. The summed E-state index contributed by atoms with van der Waals surface area (Å²) in [4.78, 5) is 0. The number of hydrogen-bond donors (Lipinski definition) is 0. The van der Waals surface area contributed by atoms with Gasteiger partial charge in [-0.3, -0.25) is 0 Å². The fraction of sp³-hybridized carbons (Fsp3) is 0.889. The summed E-state index contributed by atoms with van der Waals surface area (Å²) in [5.41, 5.74) is 0. The van der Waals surface area contributed by atoms with E-state index in [-0.39, 0.29) is 27.3 Å². The molecule has 0 atom stereocenters. The monoisotopic (exact) mass is 562 g/mol. The van der Waals surface area contributed by atoms with Crippen molar-refractivity contribution in [1.29, 1.82) is 0 Å². The van der Waals surface area contributed by atoms with E-state index in [1.807, 2.05) is 0 Å². The molecule has 0 rings (SSSR count). The van der Waals surface area contributed by atoms with E-state index in [4.69, 9.17) is 0 Å². The van der Waals surface area contributed by atoms with Crippen molar-refractivity contribution in [2.24, 2.45) is 0 Å². The molecule has 0 amide bonds. The molecule has 0 N–H and O–H groups in total. The molecule has 0 radical (unpaired) electrons. The SMILES string of the molecule is [CH2-]CCCCCCCC.[CH2-]CCCCCCCC.[CH2-]CCCCCCCC.[H-].[Hf+4]. The van der Waals surface area contributed by atoms with Gasteiger partial charge in [-0.05, 0) is 0 Å². The van der Waals surface area contributed by atoms with Gasteiger partial charge in [0, 0.05) is 0 Å². The van der Waals surface area contributed by atoms with E-state index < -0.39 is 0 Å². The Morgan fingerprint density at radius 2 is 0.536 bits per heavy atom. The molecule has 0 saturated carbocycles. The second-order valence-electron chi connectivity index (χ2n) is 7.86. The third-order valence-electron chi connectivity index (χ3n) is 4.81. The molecule has 28 heavy (non-hydrogen) atoms. The minimum Gasteiger partial charge on any atom is -1.00 e. The molecule has 0 aliphatic heterocycles. The van der Waals surface area contributed by atoms with E-state index in [1.165, 1.54) is 116 Å². The van der Waals surface area contributed by atoms with E-state index in [2.05, 4.69) is 41.5 Å². The van der Waals surface area contributed by atoms with Crippen LogP contribution < -0.4 is 0 Å². The van der Waals surface area contributed by atoms with Crippen molar-refractivity contribution in [3.05, 3.63) is 20.8 Å². The first-order chi connectivity index (χ1) is 13.2. The van der Waals surface area contributed by atoms with Gasteiger partial charge in [0.05, 0.1) is 0 Å². The van der Waals surface area contributed by atoms with Crippen LogP contribution in [0.15, 0.2) is 0 Å². The predicted molar refractivity (Wildman–Crippen MR) is 131 cm³/mol. The fourth-order valence-corrected chi connectivity index (χ4v) is 2.87. The minimum absolute atomic E-state index is 0. The maximum absolute atomic E-state index is 3.80. The van der Waals surface area contributed by atoms with Gasteiger partial charge in [0.25, 0.3) is 0 Å². The van der Waals surface area contributed by atoms with Gasteiger partial charge in [0.2, 0.25) is 0 Å². The van der Waals surface area contributed by atoms with Gasteiger partial charge in [-0.15, -0.1) is 0 Å². The maximum Gasteiger partial charge on any atom is 4.00 e. The first kappa shape index (κ1) is 36.3. The Morgan fingerprint density at radius 3 is 0.714 bits per heavy atom. The second kappa shape index (κ2) is 42.1. The number of hydrogen-bond acceptors (Lipinski definition) is 0. The molecule has 0 nitrogen and oxygen atoms in total. The zero-order chi connectivity index (χ0) is 20.8. The van der Waals surface area contributed by atoms with Gasteiger partial charge in [-0.25, -0.2) is 0 Å². The topological polar surface area (TPSA) is 0 Å². The van der Waals surface area contributed by atoms with Gasteiger partial charge >= 0.3 is 25.8 Å². The average molecular weight is 561 g/mol. The molecule has 0 unspecified atom stereocenters. The molecule has 0 aliphatic carbocycles. The molecule has 0 bridgehead atoms. The molecular formula is C27H58Hf. The summed E-state index contributed by atoms with van der Waals surface area (Å²) in [6.07, 6.45) is 28.3. The predicted octanol–water partition coefficient (Wildman–Crippen LogP) is 10.8. The summed E-state index contributed by atoms with van der Waals surface area (Å²) in [6, 6.07) is 0. The third-order valence-corrected chi connectivity index (χ3v) is 4.81. The van der Waals surface area contributed by atoms with Crippen LogP contribution in [0.4, 0.5) is 0 Å². The molecule has 0 fully saturated rings. The van der Waals surface area contributed by atoms with Crippen molar-refractivity contribution in [1.82, 2.24) is 0 Å². The van der Waals surface area contributed by atoms with Crippen molar-refractivity contribution in [3.63, 3.8) is 0 Å². The molecule has 0 saturated heterocycles. The van der Waals surface area contributed by atoms with Gasteiger partial charge in [0.15, 0.2) is 0 Å². The van der Waals surface area contributed by atoms with Crippen molar-refractivity contribution < 1.29 is 27.3 Å². The first-order valence-corrected chi connectivity index (χ1v) is 12.6. The van der Waals surface area contributed by atoms with Crippen LogP contribution in [0.1, 0.15) is 157 Å². The van der Waals surface area contributed by atoms with Crippen LogP contribution in [0, 0.1) is 20.8 Å². The normalized spacial score (nSPS) is 9.64. The van der Waals surface area contributed by atoms with E-state index in [9.17, 15) is 0 Å². The van der Waals surface area contributed by atoms with Gasteiger partial charge in [-0.2, -0.15) is 19.3 Å². The summed E-state index contributed by atoms with van der Waals surface area (Å²) >= 11 is 0. The summed E-state index contributed by atoms with van der Waals surface area (Å²) < 4.78 is 0. The Hall–Kier alpha value is 0.870. The Bertz CT molecular complexity index is 146. The van der Waals surface area contributed by atoms with E-state index in [0.29, 0.717) is 0 Å². The standard InChI is InChI=1S/3C9H19.Hf.H/c3*1-3-5-7-9-8-6-4-2;;/h3*1,3-9H2,2H3;;/q3*-1;+4;-1. The van der Waals surface area contributed by atoms with Crippen molar-refractivity contribution in [2.45, 2.75) is 156 Å². The molecule has 0 spiro atoms. The molecule has 0 aromatic carbocycles. The van der Waals surface area contributed by atoms with Crippen LogP contribution in [0.2, 0.25) is 0 Å². The molecule has 0 heterocycles. The summed E-state index contributed by atoms with van der Waals surface area (Å²) in [6.45, 7) is 18.2. The Labute approximate surface area is 203 Å². The smallest absolute Gasteiger partial charge is 1.00 e. The first-order valence-electron chi connectivity index (χ1n) is 12.6. The summed E-state index contributed by atoms with van der Waals surface area (Å²) in [5.74, 6) is 0. The van der Waals surface area contributed by atoms with Gasteiger partial charge in [-0.1, -0.05) is 136 Å². The molecule has 0 aromatic rings. The Morgan fingerprint density at radius 1 is 0.357 bits per heavy atom. The maximum atomic E-state index is 3.80. The van der Waals surface area contributed by atoms with Crippen LogP contribution in [0.25, 0.3) is 0 Å². The van der Waals surface area contributed by atoms with Crippen LogP contribution in [0.5, 0.6) is 0 Å². The molecule has 170 valence electrons. The van der Waals surface area contributed by atoms with Gasteiger partial charge < -0.3 is 22.2 Å². The van der Waals surface area contributed by atoms with E-state index >= 15 is 0 Å². The fourth-order valence-electron chi connectivity index (χ4n) is 2.87. The quantitative estimate of drug-likeness (QED) is 0.0888. The molecule has 0 aromatic heterocycles. The van der Waals surface area contributed by atoms with Crippen molar-refractivity contribution in [3.8, 4) is 0 Å². The Kier molecular flexibility index (Phi) is 54.5. The van der Waals surface area contributed by atoms with Crippen molar-refractivity contribution in [2.75, 3.05) is 0 Å². The third kappa shape index (κ3) is 50.5. The van der Waals surface area contributed by atoms with Crippen LogP contribution in [0.3, 0.4) is 0 Å². The van der Waals surface area contributed by atoms with Gasteiger partial charge in [0.1, 0.15) is 0 Å². The largest absolute Gasteiger partial charge is 4.00 e. The van der Waals surface area contributed by atoms with Crippen LogP contribution in [-0.2, 0) is 25.8 Å². The van der Waals surface area contributed by atoms with Crippen molar-refractivity contribution >= 4 is 0 Å². The van der Waals surface area contributed by atoms with E-state index in [0.717, 1.165) is 19.3 Å². The Balaban J connectivity index is -0.0000000960. The van der Waals surface area contributed by atoms with Crippen LogP contribution >= 0.6 is 0 Å². The van der Waals surface area contributed by atoms with Crippen LogP contribution in [-0.4, -0.2) is 0 Å². The zero-order valence-corrected chi connectivity index (χ0v) is 24.1. The van der Waals surface area contributed by atoms with E-state index in [1.54, 1.807) is 0 Å². The zero-order valence-electron chi connectivity index (χ0n) is 21.5. The summed E-state index contributed by atoms with van der Waals surface area (Å²) in [7, 11) is 0. The minimum atomic E-state index is 0. The number of rotatable bonds is 18. The number of unbranched alkanes of at least 4 members (excludes halogenated alkanes) is 18. The second-order valence-corrected chi connectivity index (χ2v) is 7.86. The summed E-state index contributed by atoms with van der Waals surface area (Å²) in [5, 5.41) is 0. The average Bonchev–Trinajstić information content (AvgIpc) is 2.69. The molecular weight excluding hydrogens is 503 g/mol. The molecule has 1 heteroatoms.